The number of thioether (sulfide) groups is 1. The van der Waals surface area contributed by atoms with Crippen molar-refractivity contribution in [3.05, 3.63) is 66.2 Å². The van der Waals surface area contributed by atoms with Gasteiger partial charge in [-0.3, -0.25) is 0 Å². The number of benzene rings is 2. The molecule has 0 aliphatic carbocycles. The molecule has 22 heavy (non-hydrogen) atoms. The van der Waals surface area contributed by atoms with Crippen molar-refractivity contribution >= 4 is 21.8 Å². The van der Waals surface area contributed by atoms with Crippen molar-refractivity contribution in [2.75, 3.05) is 12.4 Å². The summed E-state index contributed by atoms with van der Waals surface area (Å²) in [6.45, 7) is 0.538. The Morgan fingerprint density at radius 1 is 1.00 bits per heavy atom. The van der Waals surface area contributed by atoms with Crippen LogP contribution in [0.5, 0.6) is 0 Å². The van der Waals surface area contributed by atoms with E-state index in [1.165, 1.54) is 0 Å². The summed E-state index contributed by atoms with van der Waals surface area (Å²) in [4.78, 5) is 0.251. The van der Waals surface area contributed by atoms with Crippen LogP contribution in [0.3, 0.4) is 0 Å². The van der Waals surface area contributed by atoms with E-state index >= 15 is 0 Å². The lowest BCUT2D eigenvalue weighted by atomic mass is 10.1. The van der Waals surface area contributed by atoms with E-state index in [1.807, 2.05) is 30.3 Å². The molecule has 1 aliphatic heterocycles. The highest BCUT2D eigenvalue weighted by atomic mass is 32.2. The smallest absolute Gasteiger partial charge is 0.242 e. The quantitative estimate of drug-likeness (QED) is 0.933. The zero-order chi connectivity index (χ0) is 15.4. The summed E-state index contributed by atoms with van der Waals surface area (Å²) < 4.78 is 33.3. The fourth-order valence-corrected chi connectivity index (χ4v) is 4.72. The maximum Gasteiger partial charge on any atom is 0.242 e. The lowest BCUT2D eigenvalue weighted by Gasteiger charge is -2.31. The number of rotatable bonds is 4. The third-order valence-electron chi connectivity index (χ3n) is 3.41. The predicted octanol–water partition coefficient (Wildman–Crippen LogP) is 2.80. The van der Waals surface area contributed by atoms with Crippen molar-refractivity contribution in [1.29, 1.82) is 0 Å². The predicted molar refractivity (Wildman–Crippen MR) is 88.1 cm³/mol. The Balaban J connectivity index is 1.83. The summed E-state index contributed by atoms with van der Waals surface area (Å²) in [5.74, 6) is 0.850. The van der Waals surface area contributed by atoms with Gasteiger partial charge in [-0.25, -0.2) is 8.42 Å². The molecule has 6 heteroatoms. The molecule has 2 unspecified atom stereocenters. The summed E-state index contributed by atoms with van der Waals surface area (Å²) in [6.07, 6.45) is -0.564. The van der Waals surface area contributed by atoms with Crippen LogP contribution < -0.4 is 4.72 Å². The van der Waals surface area contributed by atoms with Crippen molar-refractivity contribution in [2.45, 2.75) is 16.4 Å². The van der Waals surface area contributed by atoms with Crippen LogP contribution in [0.15, 0.2) is 65.6 Å². The topological polar surface area (TPSA) is 55.4 Å². The maximum absolute atomic E-state index is 12.5. The first kappa shape index (κ1) is 15.6. The molecule has 1 saturated heterocycles. The van der Waals surface area contributed by atoms with Gasteiger partial charge >= 0.3 is 0 Å². The van der Waals surface area contributed by atoms with Crippen molar-refractivity contribution in [3.8, 4) is 0 Å². The summed E-state index contributed by atoms with van der Waals surface area (Å²) in [5, 5.41) is -0.0477. The molecule has 0 radical (unpaired) electrons. The molecular weight excluding hydrogens is 318 g/mol. The second-order valence-corrected chi connectivity index (χ2v) is 7.89. The lowest BCUT2D eigenvalue weighted by Crippen LogP contribution is -2.43. The van der Waals surface area contributed by atoms with Crippen molar-refractivity contribution < 1.29 is 13.2 Å². The second-order valence-electron chi connectivity index (χ2n) is 4.93. The zero-order valence-electron chi connectivity index (χ0n) is 11.9. The fraction of sp³-hybridized carbons (Fsp3) is 0.250. The van der Waals surface area contributed by atoms with Crippen LogP contribution in [-0.2, 0) is 14.8 Å². The van der Waals surface area contributed by atoms with Gasteiger partial charge < -0.3 is 4.74 Å². The normalized spacial score (nSPS) is 22.4. The van der Waals surface area contributed by atoms with Crippen LogP contribution in [0.25, 0.3) is 0 Å². The van der Waals surface area contributed by atoms with Crippen LogP contribution >= 0.6 is 11.8 Å². The van der Waals surface area contributed by atoms with Gasteiger partial charge in [0.15, 0.2) is 0 Å². The Labute approximate surface area is 134 Å². The summed E-state index contributed by atoms with van der Waals surface area (Å²) in [7, 11) is -3.59. The molecule has 0 amide bonds. The molecule has 0 saturated carbocycles. The molecule has 2 atom stereocenters. The van der Waals surface area contributed by atoms with Crippen molar-refractivity contribution in [1.82, 2.24) is 4.72 Å². The van der Waals surface area contributed by atoms with Gasteiger partial charge in [-0.05, 0) is 17.7 Å². The van der Waals surface area contributed by atoms with E-state index in [-0.39, 0.29) is 10.1 Å². The van der Waals surface area contributed by atoms with E-state index in [0.717, 1.165) is 11.3 Å². The summed E-state index contributed by atoms with van der Waals surface area (Å²) >= 11 is 1.71. The first-order valence-electron chi connectivity index (χ1n) is 7.02. The Morgan fingerprint density at radius 3 is 2.32 bits per heavy atom. The first-order valence-corrected chi connectivity index (χ1v) is 9.55. The van der Waals surface area contributed by atoms with E-state index in [1.54, 1.807) is 42.1 Å². The van der Waals surface area contributed by atoms with Gasteiger partial charge in [-0.1, -0.05) is 48.5 Å². The zero-order valence-corrected chi connectivity index (χ0v) is 13.5. The third kappa shape index (κ3) is 3.52. The minimum absolute atomic E-state index is 0.0477. The Bertz CT molecular complexity index is 705. The number of hydrogen-bond acceptors (Lipinski definition) is 4. The second kappa shape index (κ2) is 6.83. The highest BCUT2D eigenvalue weighted by Gasteiger charge is 2.31. The molecular formula is C16H17NO3S2. The molecule has 116 valence electrons. The van der Waals surface area contributed by atoms with Crippen molar-refractivity contribution in [2.24, 2.45) is 0 Å². The van der Waals surface area contributed by atoms with Gasteiger partial charge in [0.05, 0.1) is 16.8 Å². The molecule has 0 aromatic heterocycles. The van der Waals surface area contributed by atoms with Gasteiger partial charge in [0.25, 0.3) is 0 Å². The molecule has 3 rings (SSSR count). The molecule has 0 spiro atoms. The molecule has 4 nitrogen and oxygen atoms in total. The SMILES string of the molecule is O=S(=O)(NC1OCCSC1c1ccccc1)c1ccccc1. The summed E-state index contributed by atoms with van der Waals surface area (Å²) in [6, 6.07) is 18.2. The van der Waals surface area contributed by atoms with Crippen LogP contribution in [0.4, 0.5) is 0 Å². The van der Waals surface area contributed by atoms with Crippen molar-refractivity contribution in [3.63, 3.8) is 0 Å². The Kier molecular flexibility index (Phi) is 4.83. The molecule has 1 aliphatic rings. The molecule has 2 aromatic carbocycles. The Hall–Kier alpha value is -1.34. The molecule has 1 fully saturated rings. The minimum atomic E-state index is -3.59. The van der Waals surface area contributed by atoms with Gasteiger partial charge in [0.2, 0.25) is 10.0 Å². The van der Waals surface area contributed by atoms with E-state index in [4.69, 9.17) is 4.74 Å². The highest BCUT2D eigenvalue weighted by molar-refractivity contribution is 7.99. The molecule has 1 heterocycles. The van der Waals surface area contributed by atoms with Gasteiger partial charge in [0, 0.05) is 5.75 Å². The molecule has 0 bridgehead atoms. The largest absolute Gasteiger partial charge is 0.360 e. The van der Waals surface area contributed by atoms with Gasteiger partial charge in [-0.2, -0.15) is 4.72 Å². The third-order valence-corrected chi connectivity index (χ3v) is 6.12. The number of sulfonamides is 1. The van der Waals surface area contributed by atoms with Crippen LogP contribution in [0, 0.1) is 0 Å². The van der Waals surface area contributed by atoms with E-state index in [0.29, 0.717) is 6.61 Å². The van der Waals surface area contributed by atoms with E-state index in [2.05, 4.69) is 4.72 Å². The van der Waals surface area contributed by atoms with E-state index < -0.39 is 16.3 Å². The minimum Gasteiger partial charge on any atom is -0.360 e. The van der Waals surface area contributed by atoms with E-state index in [9.17, 15) is 8.42 Å². The number of nitrogens with one attached hydrogen (secondary N) is 1. The summed E-state index contributed by atoms with van der Waals surface area (Å²) in [5.41, 5.74) is 1.06. The first-order chi connectivity index (χ1) is 10.7. The maximum atomic E-state index is 12.5. The Morgan fingerprint density at radius 2 is 1.64 bits per heavy atom. The number of hydrogen-bond donors (Lipinski definition) is 1. The standard InChI is InChI=1S/C16H17NO3S2/c18-22(19,14-9-5-2-6-10-14)17-16-15(21-12-11-20-16)13-7-3-1-4-8-13/h1-10,15-17H,11-12H2. The van der Waals surface area contributed by atoms with Crippen LogP contribution in [-0.4, -0.2) is 27.0 Å². The highest BCUT2D eigenvalue weighted by Crippen LogP contribution is 2.36. The monoisotopic (exact) mass is 335 g/mol. The van der Waals surface area contributed by atoms with Crippen LogP contribution in [0.2, 0.25) is 0 Å². The van der Waals surface area contributed by atoms with Gasteiger partial charge in [-0.15, -0.1) is 11.8 Å². The lowest BCUT2D eigenvalue weighted by molar-refractivity contribution is 0.0480. The molecule has 2 aromatic rings. The fourth-order valence-electron chi connectivity index (χ4n) is 2.36. The average molecular weight is 335 g/mol. The number of ether oxygens (including phenoxy) is 1. The average Bonchev–Trinajstić information content (AvgIpc) is 2.57. The molecule has 1 N–H and O–H groups in total. The van der Waals surface area contributed by atoms with Gasteiger partial charge in [0.1, 0.15) is 6.23 Å². The van der Waals surface area contributed by atoms with Crippen LogP contribution in [0.1, 0.15) is 10.8 Å².